The van der Waals surface area contributed by atoms with Gasteiger partial charge in [0.25, 0.3) is 5.56 Å². The molecule has 0 atom stereocenters. The summed E-state index contributed by atoms with van der Waals surface area (Å²) in [7, 11) is 0. The third-order valence-corrected chi connectivity index (χ3v) is 6.12. The van der Waals surface area contributed by atoms with E-state index in [9.17, 15) is 9.59 Å². The van der Waals surface area contributed by atoms with Crippen molar-refractivity contribution in [2.75, 3.05) is 13.1 Å². The fraction of sp³-hybridized carbons (Fsp3) is 0.292. The SMILES string of the molecule is O=C(Cn1cnc2c([nH]c3ccccc32)c1=O)N1CCC(Cc2ccccc2)CC1. The fourth-order valence-corrected chi connectivity index (χ4v) is 4.43. The van der Waals surface area contributed by atoms with Gasteiger partial charge in [0, 0.05) is 24.0 Å². The molecule has 1 amide bonds. The summed E-state index contributed by atoms with van der Waals surface area (Å²) in [4.78, 5) is 35.2. The molecule has 2 aromatic carbocycles. The zero-order chi connectivity index (χ0) is 20.5. The molecule has 152 valence electrons. The molecule has 1 N–H and O–H groups in total. The topological polar surface area (TPSA) is 71.0 Å². The zero-order valence-electron chi connectivity index (χ0n) is 16.8. The smallest absolute Gasteiger partial charge is 0.278 e. The summed E-state index contributed by atoms with van der Waals surface area (Å²) in [6.07, 6.45) is 4.54. The van der Waals surface area contributed by atoms with Crippen LogP contribution < -0.4 is 5.56 Å². The average molecular weight is 400 g/mol. The van der Waals surface area contributed by atoms with Gasteiger partial charge in [-0.05, 0) is 36.8 Å². The van der Waals surface area contributed by atoms with Crippen LogP contribution in [0.1, 0.15) is 18.4 Å². The van der Waals surface area contributed by atoms with Crippen molar-refractivity contribution in [3.05, 3.63) is 76.8 Å². The van der Waals surface area contributed by atoms with Crippen molar-refractivity contribution >= 4 is 27.8 Å². The molecule has 0 radical (unpaired) electrons. The molecule has 30 heavy (non-hydrogen) atoms. The monoisotopic (exact) mass is 400 g/mol. The first-order valence-electron chi connectivity index (χ1n) is 10.5. The second kappa shape index (κ2) is 7.78. The van der Waals surface area contributed by atoms with Gasteiger partial charge < -0.3 is 9.88 Å². The van der Waals surface area contributed by atoms with E-state index in [2.05, 4.69) is 34.2 Å². The third-order valence-electron chi connectivity index (χ3n) is 6.12. The first-order chi connectivity index (χ1) is 14.7. The Kier molecular flexibility index (Phi) is 4.83. The van der Waals surface area contributed by atoms with Gasteiger partial charge in [-0.3, -0.25) is 14.2 Å². The lowest BCUT2D eigenvalue weighted by atomic mass is 9.90. The fourth-order valence-electron chi connectivity index (χ4n) is 4.43. The maximum atomic E-state index is 12.9. The maximum absolute atomic E-state index is 12.9. The predicted octanol–water partition coefficient (Wildman–Crippen LogP) is 3.36. The molecule has 5 rings (SSSR count). The van der Waals surface area contributed by atoms with Gasteiger partial charge in [0.15, 0.2) is 0 Å². The molecular weight excluding hydrogens is 376 g/mol. The van der Waals surface area contributed by atoms with E-state index < -0.39 is 0 Å². The number of H-pyrrole nitrogens is 1. The van der Waals surface area contributed by atoms with Gasteiger partial charge in [-0.15, -0.1) is 0 Å². The van der Waals surface area contributed by atoms with E-state index in [-0.39, 0.29) is 18.0 Å². The summed E-state index contributed by atoms with van der Waals surface area (Å²) >= 11 is 0. The van der Waals surface area contributed by atoms with Crippen LogP contribution in [0.15, 0.2) is 65.7 Å². The van der Waals surface area contributed by atoms with E-state index in [1.165, 1.54) is 16.5 Å². The third kappa shape index (κ3) is 3.49. The molecule has 4 aromatic rings. The molecule has 0 bridgehead atoms. The summed E-state index contributed by atoms with van der Waals surface area (Å²) in [6, 6.07) is 18.2. The highest BCUT2D eigenvalue weighted by Crippen LogP contribution is 2.22. The average Bonchev–Trinajstić information content (AvgIpc) is 3.16. The van der Waals surface area contributed by atoms with Gasteiger partial charge in [-0.2, -0.15) is 0 Å². The van der Waals surface area contributed by atoms with Gasteiger partial charge in [0.2, 0.25) is 5.91 Å². The van der Waals surface area contributed by atoms with E-state index in [1.54, 1.807) is 0 Å². The molecule has 0 aliphatic carbocycles. The van der Waals surface area contributed by atoms with Crippen LogP contribution in [0.2, 0.25) is 0 Å². The Balaban J connectivity index is 1.27. The number of nitrogens with one attached hydrogen (secondary N) is 1. The Labute approximate surface area is 174 Å². The van der Waals surface area contributed by atoms with Crippen LogP contribution >= 0.6 is 0 Å². The summed E-state index contributed by atoms with van der Waals surface area (Å²) in [6.45, 7) is 1.51. The van der Waals surface area contributed by atoms with Crippen molar-refractivity contribution < 1.29 is 4.79 Å². The van der Waals surface area contributed by atoms with Crippen molar-refractivity contribution in [3.63, 3.8) is 0 Å². The van der Waals surface area contributed by atoms with E-state index >= 15 is 0 Å². The number of para-hydroxylation sites is 1. The Bertz CT molecular complexity index is 1250. The quantitative estimate of drug-likeness (QED) is 0.571. The standard InChI is InChI=1S/C24H24N4O2/c29-21(27-12-10-18(11-13-27)14-17-6-2-1-3-7-17)15-28-16-25-22-19-8-4-5-9-20(19)26-23(22)24(28)30/h1-9,16,18,26H,10-15H2. The zero-order valence-corrected chi connectivity index (χ0v) is 16.8. The number of aromatic amines is 1. The summed E-state index contributed by atoms with van der Waals surface area (Å²) in [5.74, 6) is 0.580. The molecule has 6 nitrogen and oxygen atoms in total. The maximum Gasteiger partial charge on any atom is 0.278 e. The Morgan fingerprint density at radius 2 is 1.77 bits per heavy atom. The highest BCUT2D eigenvalue weighted by atomic mass is 16.2. The van der Waals surface area contributed by atoms with Crippen LogP contribution in [0.5, 0.6) is 0 Å². The minimum Gasteiger partial charge on any atom is -0.349 e. The second-order valence-electron chi connectivity index (χ2n) is 8.09. The first-order valence-corrected chi connectivity index (χ1v) is 10.5. The lowest BCUT2D eigenvalue weighted by Crippen LogP contribution is -2.42. The highest BCUT2D eigenvalue weighted by Gasteiger charge is 2.23. The van der Waals surface area contributed by atoms with Crippen LogP contribution in [-0.4, -0.2) is 38.4 Å². The first kappa shape index (κ1) is 18.6. The van der Waals surface area contributed by atoms with Crippen molar-refractivity contribution in [2.24, 2.45) is 5.92 Å². The number of nitrogens with zero attached hydrogens (tertiary/aromatic N) is 3. The van der Waals surface area contributed by atoms with Crippen molar-refractivity contribution in [3.8, 4) is 0 Å². The number of likely N-dealkylation sites (tertiary alicyclic amines) is 1. The molecule has 1 fully saturated rings. The Hall–Kier alpha value is -3.41. The molecule has 1 aliphatic heterocycles. The number of aromatic nitrogens is 3. The number of hydrogen-bond acceptors (Lipinski definition) is 3. The van der Waals surface area contributed by atoms with Crippen LogP contribution in [0.3, 0.4) is 0 Å². The summed E-state index contributed by atoms with van der Waals surface area (Å²) < 4.78 is 1.41. The van der Waals surface area contributed by atoms with E-state index in [1.807, 2.05) is 35.2 Å². The Morgan fingerprint density at radius 3 is 2.57 bits per heavy atom. The highest BCUT2D eigenvalue weighted by molar-refractivity contribution is 6.04. The molecule has 0 spiro atoms. The molecule has 0 unspecified atom stereocenters. The number of fused-ring (bicyclic) bond motifs is 3. The van der Waals surface area contributed by atoms with Gasteiger partial charge in [0.1, 0.15) is 17.6 Å². The predicted molar refractivity (Wildman–Crippen MR) is 117 cm³/mol. The van der Waals surface area contributed by atoms with E-state index in [0.717, 1.165) is 43.3 Å². The number of carbonyl (C=O) groups is 1. The number of piperidine rings is 1. The van der Waals surface area contributed by atoms with Gasteiger partial charge >= 0.3 is 0 Å². The minimum atomic E-state index is -0.205. The number of rotatable bonds is 4. The number of benzene rings is 2. The lowest BCUT2D eigenvalue weighted by molar-refractivity contribution is -0.133. The molecule has 3 heterocycles. The minimum absolute atomic E-state index is 0.0208. The van der Waals surface area contributed by atoms with Crippen LogP contribution in [-0.2, 0) is 17.8 Å². The van der Waals surface area contributed by atoms with Crippen LogP contribution in [0, 0.1) is 5.92 Å². The van der Waals surface area contributed by atoms with Crippen molar-refractivity contribution in [1.29, 1.82) is 0 Å². The second-order valence-corrected chi connectivity index (χ2v) is 8.09. The Morgan fingerprint density at radius 1 is 1.03 bits per heavy atom. The van der Waals surface area contributed by atoms with Gasteiger partial charge in [-0.25, -0.2) is 4.98 Å². The number of amides is 1. The molecule has 1 saturated heterocycles. The van der Waals surface area contributed by atoms with E-state index in [0.29, 0.717) is 17.0 Å². The normalized spacial score (nSPS) is 15.1. The molecule has 0 saturated carbocycles. The molecule has 1 aliphatic rings. The largest absolute Gasteiger partial charge is 0.349 e. The number of hydrogen-bond donors (Lipinski definition) is 1. The van der Waals surface area contributed by atoms with Crippen molar-refractivity contribution in [2.45, 2.75) is 25.8 Å². The molecule has 6 heteroatoms. The summed E-state index contributed by atoms with van der Waals surface area (Å²) in [5.41, 5.74) is 3.13. The van der Waals surface area contributed by atoms with Crippen LogP contribution in [0.4, 0.5) is 0 Å². The van der Waals surface area contributed by atoms with E-state index in [4.69, 9.17) is 0 Å². The van der Waals surface area contributed by atoms with Gasteiger partial charge in [0.05, 0.1) is 6.33 Å². The number of carbonyl (C=O) groups excluding carboxylic acids is 1. The summed E-state index contributed by atoms with van der Waals surface area (Å²) in [5, 5.41) is 0.920. The molecule has 2 aromatic heterocycles. The van der Waals surface area contributed by atoms with Gasteiger partial charge in [-0.1, -0.05) is 48.5 Å². The van der Waals surface area contributed by atoms with Crippen molar-refractivity contribution in [1.82, 2.24) is 19.4 Å². The molecular formula is C24H24N4O2. The lowest BCUT2D eigenvalue weighted by Gasteiger charge is -2.32. The van der Waals surface area contributed by atoms with Crippen LogP contribution in [0.25, 0.3) is 21.9 Å².